The van der Waals surface area contributed by atoms with Crippen LogP contribution in [0, 0.1) is 13.8 Å². The summed E-state index contributed by atoms with van der Waals surface area (Å²) >= 11 is 0. The lowest BCUT2D eigenvalue weighted by Crippen LogP contribution is -2.24. The van der Waals surface area contributed by atoms with Crippen molar-refractivity contribution in [1.29, 1.82) is 0 Å². The fourth-order valence-electron chi connectivity index (χ4n) is 2.66. The van der Waals surface area contributed by atoms with Gasteiger partial charge in [-0.05, 0) is 49.2 Å². The zero-order valence-electron chi connectivity index (χ0n) is 11.6. The third-order valence-corrected chi connectivity index (χ3v) is 3.71. The van der Waals surface area contributed by atoms with Gasteiger partial charge in [0.05, 0.1) is 6.67 Å². The van der Waals surface area contributed by atoms with Crippen LogP contribution < -0.4 is 9.80 Å². The van der Waals surface area contributed by atoms with Crippen molar-refractivity contribution in [3.8, 4) is 0 Å². The number of anilines is 2. The summed E-state index contributed by atoms with van der Waals surface area (Å²) in [5, 5.41) is 0. The van der Waals surface area contributed by atoms with Crippen LogP contribution in [0.4, 0.5) is 11.4 Å². The van der Waals surface area contributed by atoms with E-state index in [9.17, 15) is 0 Å². The first-order chi connectivity index (χ1) is 9.22. The van der Waals surface area contributed by atoms with E-state index in [1.165, 1.54) is 22.5 Å². The van der Waals surface area contributed by atoms with Gasteiger partial charge in [-0.1, -0.05) is 24.3 Å². The highest BCUT2D eigenvalue weighted by molar-refractivity contribution is 5.56. The van der Waals surface area contributed by atoms with Crippen LogP contribution >= 0.6 is 0 Å². The fourth-order valence-corrected chi connectivity index (χ4v) is 2.66. The van der Waals surface area contributed by atoms with Gasteiger partial charge in [-0.15, -0.1) is 0 Å². The largest absolute Gasteiger partial charge is 0.352 e. The molecule has 3 rings (SSSR count). The molecule has 0 unspecified atom stereocenters. The van der Waals surface area contributed by atoms with Crippen molar-refractivity contribution in [2.75, 3.05) is 29.6 Å². The molecular formula is C17H20N2. The molecule has 2 aromatic rings. The monoisotopic (exact) mass is 252 g/mol. The molecule has 2 aromatic carbocycles. The Hall–Kier alpha value is -1.96. The maximum atomic E-state index is 2.44. The Morgan fingerprint density at radius 1 is 0.737 bits per heavy atom. The SMILES string of the molecule is Cc1cccc(N2CCN(c3cccc(C)c3)C2)c1. The van der Waals surface area contributed by atoms with Crippen LogP contribution in [0.3, 0.4) is 0 Å². The molecule has 0 atom stereocenters. The first-order valence-corrected chi connectivity index (χ1v) is 6.85. The molecule has 98 valence electrons. The number of aryl methyl sites for hydroxylation is 2. The predicted octanol–water partition coefficient (Wildman–Crippen LogP) is 3.59. The number of hydrogen-bond acceptors (Lipinski definition) is 2. The molecule has 1 heterocycles. The Morgan fingerprint density at radius 2 is 1.21 bits per heavy atom. The van der Waals surface area contributed by atoms with E-state index in [0.717, 1.165) is 19.8 Å². The molecule has 0 radical (unpaired) electrons. The van der Waals surface area contributed by atoms with Crippen LogP contribution in [0.1, 0.15) is 11.1 Å². The molecule has 1 aliphatic heterocycles. The molecule has 19 heavy (non-hydrogen) atoms. The lowest BCUT2D eigenvalue weighted by molar-refractivity contribution is 0.948. The van der Waals surface area contributed by atoms with Gasteiger partial charge in [-0.2, -0.15) is 0 Å². The van der Waals surface area contributed by atoms with E-state index in [-0.39, 0.29) is 0 Å². The first kappa shape index (κ1) is 12.1. The van der Waals surface area contributed by atoms with Gasteiger partial charge >= 0.3 is 0 Å². The Morgan fingerprint density at radius 3 is 1.63 bits per heavy atom. The topological polar surface area (TPSA) is 6.48 Å². The Kier molecular flexibility index (Phi) is 3.16. The van der Waals surface area contributed by atoms with Crippen molar-refractivity contribution in [3.05, 3.63) is 59.7 Å². The average Bonchev–Trinajstić information content (AvgIpc) is 2.88. The van der Waals surface area contributed by atoms with Gasteiger partial charge in [-0.3, -0.25) is 0 Å². The number of nitrogens with zero attached hydrogens (tertiary/aromatic N) is 2. The Labute approximate surface area is 115 Å². The van der Waals surface area contributed by atoms with Gasteiger partial charge in [0.25, 0.3) is 0 Å². The number of hydrogen-bond donors (Lipinski definition) is 0. The zero-order chi connectivity index (χ0) is 13.2. The van der Waals surface area contributed by atoms with Gasteiger partial charge in [0.2, 0.25) is 0 Å². The van der Waals surface area contributed by atoms with Crippen molar-refractivity contribution >= 4 is 11.4 Å². The van der Waals surface area contributed by atoms with Gasteiger partial charge in [-0.25, -0.2) is 0 Å². The van der Waals surface area contributed by atoms with Crippen LogP contribution in [0.15, 0.2) is 48.5 Å². The predicted molar refractivity (Wildman–Crippen MR) is 81.9 cm³/mol. The molecule has 0 aliphatic carbocycles. The van der Waals surface area contributed by atoms with E-state index >= 15 is 0 Å². The van der Waals surface area contributed by atoms with E-state index < -0.39 is 0 Å². The van der Waals surface area contributed by atoms with Gasteiger partial charge in [0.15, 0.2) is 0 Å². The minimum atomic E-state index is 0.979. The van der Waals surface area contributed by atoms with Crippen molar-refractivity contribution in [3.63, 3.8) is 0 Å². The lowest BCUT2D eigenvalue weighted by Gasteiger charge is -2.21. The summed E-state index contributed by atoms with van der Waals surface area (Å²) in [4.78, 5) is 4.88. The number of rotatable bonds is 2. The van der Waals surface area contributed by atoms with Gasteiger partial charge in [0.1, 0.15) is 0 Å². The maximum absolute atomic E-state index is 2.44. The molecule has 0 N–H and O–H groups in total. The summed E-state index contributed by atoms with van der Waals surface area (Å²) in [6.45, 7) is 7.47. The minimum Gasteiger partial charge on any atom is -0.352 e. The third kappa shape index (κ3) is 2.58. The second-order valence-electron chi connectivity index (χ2n) is 5.35. The summed E-state index contributed by atoms with van der Waals surface area (Å²) in [6.07, 6.45) is 0. The van der Waals surface area contributed by atoms with Crippen LogP contribution in [-0.4, -0.2) is 19.8 Å². The number of benzene rings is 2. The van der Waals surface area contributed by atoms with Gasteiger partial charge in [0, 0.05) is 24.5 Å². The molecule has 1 aliphatic rings. The van der Waals surface area contributed by atoms with Crippen LogP contribution in [0.2, 0.25) is 0 Å². The molecule has 2 nitrogen and oxygen atoms in total. The zero-order valence-corrected chi connectivity index (χ0v) is 11.6. The normalized spacial score (nSPS) is 15.1. The Bertz CT molecular complexity index is 525. The van der Waals surface area contributed by atoms with E-state index in [4.69, 9.17) is 0 Å². The van der Waals surface area contributed by atoms with E-state index in [0.29, 0.717) is 0 Å². The van der Waals surface area contributed by atoms with E-state index in [1.54, 1.807) is 0 Å². The van der Waals surface area contributed by atoms with Crippen molar-refractivity contribution < 1.29 is 0 Å². The van der Waals surface area contributed by atoms with E-state index in [1.807, 2.05) is 0 Å². The molecule has 0 spiro atoms. The second kappa shape index (κ2) is 4.96. The summed E-state index contributed by atoms with van der Waals surface area (Å²) in [6, 6.07) is 17.5. The summed E-state index contributed by atoms with van der Waals surface area (Å²) in [5.74, 6) is 0. The highest BCUT2D eigenvalue weighted by Gasteiger charge is 2.20. The molecule has 0 saturated carbocycles. The highest BCUT2D eigenvalue weighted by Crippen LogP contribution is 2.24. The standard InChI is InChI=1S/C17H20N2/c1-14-5-3-7-16(11-14)18-9-10-19(13-18)17-8-4-6-15(2)12-17/h3-8,11-12H,9-10,13H2,1-2H3. The molecule has 0 amide bonds. The second-order valence-corrected chi connectivity index (χ2v) is 5.35. The fraction of sp³-hybridized carbons (Fsp3) is 0.294. The lowest BCUT2D eigenvalue weighted by atomic mass is 10.2. The van der Waals surface area contributed by atoms with Crippen LogP contribution in [0.5, 0.6) is 0 Å². The third-order valence-electron chi connectivity index (χ3n) is 3.71. The molecular weight excluding hydrogens is 232 g/mol. The first-order valence-electron chi connectivity index (χ1n) is 6.85. The average molecular weight is 252 g/mol. The molecule has 1 saturated heterocycles. The highest BCUT2D eigenvalue weighted by atomic mass is 15.4. The van der Waals surface area contributed by atoms with E-state index in [2.05, 4.69) is 72.2 Å². The van der Waals surface area contributed by atoms with Crippen LogP contribution in [-0.2, 0) is 0 Å². The quantitative estimate of drug-likeness (QED) is 0.806. The van der Waals surface area contributed by atoms with Crippen molar-refractivity contribution in [2.24, 2.45) is 0 Å². The summed E-state index contributed by atoms with van der Waals surface area (Å²) in [5.41, 5.74) is 5.31. The molecule has 1 fully saturated rings. The molecule has 0 aromatic heterocycles. The summed E-state index contributed by atoms with van der Waals surface area (Å²) in [7, 11) is 0. The van der Waals surface area contributed by atoms with Crippen LogP contribution in [0.25, 0.3) is 0 Å². The molecule has 0 bridgehead atoms. The maximum Gasteiger partial charge on any atom is 0.0904 e. The molecule has 2 heteroatoms. The Balaban J connectivity index is 1.77. The van der Waals surface area contributed by atoms with Gasteiger partial charge < -0.3 is 9.80 Å². The van der Waals surface area contributed by atoms with Crippen molar-refractivity contribution in [2.45, 2.75) is 13.8 Å². The summed E-state index contributed by atoms with van der Waals surface area (Å²) < 4.78 is 0. The minimum absolute atomic E-state index is 0.979. The van der Waals surface area contributed by atoms with Crippen molar-refractivity contribution in [1.82, 2.24) is 0 Å². The smallest absolute Gasteiger partial charge is 0.0904 e.